The summed E-state index contributed by atoms with van der Waals surface area (Å²) < 4.78 is 2.05. The SMILES string of the molecule is CN1CC(=O)N(CC(=O)NCCCc2nc3ccccc3n2C)C1=O. The number of amides is 4. The molecule has 1 N–H and O–H groups in total. The zero-order chi connectivity index (χ0) is 18.0. The van der Waals surface area contributed by atoms with Crippen LogP contribution in [0.3, 0.4) is 0 Å². The Labute approximate surface area is 145 Å². The Morgan fingerprint density at radius 3 is 2.68 bits per heavy atom. The summed E-state index contributed by atoms with van der Waals surface area (Å²) in [5.41, 5.74) is 2.04. The highest BCUT2D eigenvalue weighted by molar-refractivity contribution is 6.04. The van der Waals surface area contributed by atoms with E-state index in [0.717, 1.165) is 34.6 Å². The molecule has 8 nitrogen and oxygen atoms in total. The van der Waals surface area contributed by atoms with Crippen molar-refractivity contribution < 1.29 is 14.4 Å². The molecule has 1 aliphatic rings. The van der Waals surface area contributed by atoms with Gasteiger partial charge in [-0.15, -0.1) is 0 Å². The average molecular weight is 343 g/mol. The molecule has 4 amide bonds. The van der Waals surface area contributed by atoms with Crippen LogP contribution in [-0.4, -0.2) is 63.9 Å². The van der Waals surface area contributed by atoms with Gasteiger partial charge in [0.15, 0.2) is 0 Å². The number of imide groups is 1. The minimum atomic E-state index is -0.431. The smallest absolute Gasteiger partial charge is 0.327 e. The minimum Gasteiger partial charge on any atom is -0.355 e. The van der Waals surface area contributed by atoms with Gasteiger partial charge in [-0.25, -0.2) is 9.78 Å². The third-order valence-electron chi connectivity index (χ3n) is 4.31. The molecular weight excluding hydrogens is 322 g/mol. The topological polar surface area (TPSA) is 87.5 Å². The van der Waals surface area contributed by atoms with E-state index in [0.29, 0.717) is 6.54 Å². The highest BCUT2D eigenvalue weighted by atomic mass is 16.2. The summed E-state index contributed by atoms with van der Waals surface area (Å²) in [5.74, 6) is 0.284. The third kappa shape index (κ3) is 3.47. The Balaban J connectivity index is 1.46. The van der Waals surface area contributed by atoms with Gasteiger partial charge in [0.2, 0.25) is 5.91 Å². The van der Waals surface area contributed by atoms with Crippen molar-refractivity contribution in [3.63, 3.8) is 0 Å². The Hall–Kier alpha value is -2.90. The molecule has 0 unspecified atom stereocenters. The number of likely N-dealkylation sites (N-methyl/N-ethyl adjacent to an activating group) is 1. The second-order valence-corrected chi connectivity index (χ2v) is 6.15. The van der Waals surface area contributed by atoms with E-state index in [1.807, 2.05) is 31.3 Å². The van der Waals surface area contributed by atoms with E-state index in [1.165, 1.54) is 11.9 Å². The molecule has 2 heterocycles. The molecule has 0 radical (unpaired) electrons. The molecular formula is C17H21N5O3. The first kappa shape index (κ1) is 16.9. The highest BCUT2D eigenvalue weighted by Crippen LogP contribution is 2.15. The van der Waals surface area contributed by atoms with Gasteiger partial charge in [0.05, 0.1) is 11.0 Å². The van der Waals surface area contributed by atoms with Crippen LogP contribution in [-0.2, 0) is 23.1 Å². The van der Waals surface area contributed by atoms with E-state index in [1.54, 1.807) is 0 Å². The number of nitrogens with one attached hydrogen (secondary N) is 1. The zero-order valence-corrected chi connectivity index (χ0v) is 14.4. The number of carbonyl (C=O) groups excluding carboxylic acids is 3. The first-order valence-electron chi connectivity index (χ1n) is 8.20. The maximum absolute atomic E-state index is 11.9. The Morgan fingerprint density at radius 1 is 1.24 bits per heavy atom. The normalized spacial score (nSPS) is 14.6. The molecule has 132 valence electrons. The number of aromatic nitrogens is 2. The molecule has 1 saturated heterocycles. The highest BCUT2D eigenvalue weighted by Gasteiger charge is 2.34. The molecule has 0 atom stereocenters. The number of para-hydroxylation sites is 2. The van der Waals surface area contributed by atoms with Crippen LogP contribution in [0.1, 0.15) is 12.2 Å². The van der Waals surface area contributed by atoms with Gasteiger partial charge in [-0.1, -0.05) is 12.1 Å². The van der Waals surface area contributed by atoms with Crippen LogP contribution in [0, 0.1) is 0 Å². The molecule has 1 aliphatic heterocycles. The van der Waals surface area contributed by atoms with Crippen molar-refractivity contribution in [3.05, 3.63) is 30.1 Å². The lowest BCUT2D eigenvalue weighted by Gasteiger charge is -2.13. The van der Waals surface area contributed by atoms with Crippen LogP contribution in [0.2, 0.25) is 0 Å². The number of hydrogen-bond donors (Lipinski definition) is 1. The van der Waals surface area contributed by atoms with Crippen LogP contribution in [0.5, 0.6) is 0 Å². The number of nitrogens with zero attached hydrogens (tertiary/aromatic N) is 4. The number of imidazole rings is 1. The summed E-state index contributed by atoms with van der Waals surface area (Å²) in [7, 11) is 3.51. The monoisotopic (exact) mass is 343 g/mol. The lowest BCUT2D eigenvalue weighted by atomic mass is 10.3. The van der Waals surface area contributed by atoms with Crippen molar-refractivity contribution in [3.8, 4) is 0 Å². The van der Waals surface area contributed by atoms with Gasteiger partial charge < -0.3 is 14.8 Å². The van der Waals surface area contributed by atoms with Crippen LogP contribution >= 0.6 is 0 Å². The quantitative estimate of drug-likeness (QED) is 0.612. The van der Waals surface area contributed by atoms with Gasteiger partial charge in [-0.3, -0.25) is 14.5 Å². The standard InChI is InChI=1S/C17H21N5O3/c1-20-11-16(24)22(17(20)25)10-15(23)18-9-5-8-14-19-12-6-3-4-7-13(12)21(14)2/h3-4,6-7H,5,8-11H2,1-2H3,(H,18,23). The molecule has 2 aromatic rings. The predicted molar refractivity (Wildman–Crippen MR) is 91.8 cm³/mol. The molecule has 25 heavy (non-hydrogen) atoms. The van der Waals surface area contributed by atoms with Crippen molar-refractivity contribution in [1.29, 1.82) is 0 Å². The molecule has 3 rings (SSSR count). The number of rotatable bonds is 6. The number of benzene rings is 1. The van der Waals surface area contributed by atoms with Crippen LogP contribution in [0.4, 0.5) is 4.79 Å². The van der Waals surface area contributed by atoms with Gasteiger partial charge in [0.1, 0.15) is 18.9 Å². The fourth-order valence-electron chi connectivity index (χ4n) is 2.92. The van der Waals surface area contributed by atoms with E-state index in [2.05, 4.69) is 14.9 Å². The van der Waals surface area contributed by atoms with Gasteiger partial charge in [-0.2, -0.15) is 0 Å². The summed E-state index contributed by atoms with van der Waals surface area (Å²) >= 11 is 0. The molecule has 1 aromatic heterocycles. The van der Waals surface area contributed by atoms with Gasteiger partial charge in [0, 0.05) is 27.1 Å². The Morgan fingerprint density at radius 2 is 2.00 bits per heavy atom. The average Bonchev–Trinajstić information content (AvgIpc) is 3.03. The van der Waals surface area contributed by atoms with E-state index >= 15 is 0 Å². The molecule has 0 saturated carbocycles. The fraction of sp³-hybridized carbons (Fsp3) is 0.412. The van der Waals surface area contributed by atoms with Crippen LogP contribution in [0.15, 0.2) is 24.3 Å². The van der Waals surface area contributed by atoms with E-state index in [4.69, 9.17) is 0 Å². The number of hydrogen-bond acceptors (Lipinski definition) is 4. The zero-order valence-electron chi connectivity index (χ0n) is 14.4. The molecule has 1 aromatic carbocycles. The summed E-state index contributed by atoms with van der Waals surface area (Å²) in [6.45, 7) is 0.265. The van der Waals surface area contributed by atoms with Gasteiger partial charge in [0.25, 0.3) is 5.91 Å². The van der Waals surface area contributed by atoms with Crippen molar-refractivity contribution in [1.82, 2.24) is 24.7 Å². The maximum atomic E-state index is 11.9. The maximum Gasteiger partial charge on any atom is 0.327 e. The lowest BCUT2D eigenvalue weighted by Crippen LogP contribution is -2.41. The van der Waals surface area contributed by atoms with Crippen molar-refractivity contribution >= 4 is 28.9 Å². The first-order valence-corrected chi connectivity index (χ1v) is 8.20. The fourth-order valence-corrected chi connectivity index (χ4v) is 2.92. The second-order valence-electron chi connectivity index (χ2n) is 6.15. The van der Waals surface area contributed by atoms with Crippen LogP contribution < -0.4 is 5.32 Å². The lowest BCUT2D eigenvalue weighted by molar-refractivity contribution is -0.130. The van der Waals surface area contributed by atoms with E-state index in [9.17, 15) is 14.4 Å². The number of aryl methyl sites for hydroxylation is 2. The van der Waals surface area contributed by atoms with Crippen molar-refractivity contribution in [2.75, 3.05) is 26.7 Å². The predicted octanol–water partition coefficient (Wildman–Crippen LogP) is 0.516. The third-order valence-corrected chi connectivity index (χ3v) is 4.31. The van der Waals surface area contributed by atoms with Crippen LogP contribution in [0.25, 0.3) is 11.0 Å². The minimum absolute atomic E-state index is 0.0266. The molecule has 0 bridgehead atoms. The van der Waals surface area contributed by atoms with E-state index < -0.39 is 6.03 Å². The molecule has 0 spiro atoms. The Bertz CT molecular complexity index is 829. The summed E-state index contributed by atoms with van der Waals surface area (Å²) in [5, 5.41) is 2.75. The largest absolute Gasteiger partial charge is 0.355 e. The van der Waals surface area contributed by atoms with Crippen molar-refractivity contribution in [2.45, 2.75) is 12.8 Å². The summed E-state index contributed by atoms with van der Waals surface area (Å²) in [6, 6.07) is 7.50. The molecule has 0 aliphatic carbocycles. The number of urea groups is 1. The molecule has 8 heteroatoms. The Kier molecular flexibility index (Phi) is 4.69. The summed E-state index contributed by atoms with van der Waals surface area (Å²) in [6.07, 6.45) is 1.46. The number of carbonyl (C=O) groups is 3. The van der Waals surface area contributed by atoms with E-state index in [-0.39, 0.29) is 24.9 Å². The van der Waals surface area contributed by atoms with Crippen molar-refractivity contribution in [2.24, 2.45) is 7.05 Å². The second kappa shape index (κ2) is 6.92. The first-order chi connectivity index (χ1) is 12.0. The van der Waals surface area contributed by atoms with Gasteiger partial charge >= 0.3 is 6.03 Å². The van der Waals surface area contributed by atoms with Gasteiger partial charge in [-0.05, 0) is 18.6 Å². The number of fused-ring (bicyclic) bond motifs is 1. The molecule has 1 fully saturated rings. The summed E-state index contributed by atoms with van der Waals surface area (Å²) in [4.78, 5) is 42.1.